The largest absolute Gasteiger partial charge is 0.465 e. The maximum absolute atomic E-state index is 12.5. The second-order valence-electron chi connectivity index (χ2n) is 6.20. The number of rotatable bonds is 6. The normalized spacial score (nSPS) is 11.6. The lowest BCUT2D eigenvalue weighted by Crippen LogP contribution is -2.46. The Hall–Kier alpha value is -3.74. The van der Waals surface area contributed by atoms with E-state index in [0.29, 0.717) is 5.69 Å². The van der Waals surface area contributed by atoms with Crippen LogP contribution in [0, 0.1) is 0 Å². The number of primary amides is 1. The van der Waals surface area contributed by atoms with E-state index >= 15 is 0 Å². The number of aromatic nitrogens is 1. The molecule has 3 rings (SSSR count). The first kappa shape index (κ1) is 19.0. The van der Waals surface area contributed by atoms with Crippen molar-refractivity contribution in [3.8, 4) is 0 Å². The molecule has 3 aromatic rings. The van der Waals surface area contributed by atoms with Crippen LogP contribution in [-0.4, -0.2) is 35.9 Å². The fourth-order valence-electron chi connectivity index (χ4n) is 2.80. The average Bonchev–Trinajstić information content (AvgIpc) is 2.72. The van der Waals surface area contributed by atoms with Crippen molar-refractivity contribution in [3.05, 3.63) is 77.5 Å². The first-order chi connectivity index (χ1) is 13.5. The van der Waals surface area contributed by atoms with Crippen molar-refractivity contribution in [3.63, 3.8) is 0 Å². The number of methoxy groups -OCH3 is 1. The van der Waals surface area contributed by atoms with Gasteiger partial charge in [0.2, 0.25) is 5.91 Å². The Morgan fingerprint density at radius 1 is 1.04 bits per heavy atom. The van der Waals surface area contributed by atoms with Crippen molar-refractivity contribution < 1.29 is 19.1 Å². The smallest absolute Gasteiger partial charge is 0.337 e. The quantitative estimate of drug-likeness (QED) is 0.637. The number of hydrogen-bond donors (Lipinski definition) is 2. The molecule has 142 valence electrons. The number of carbonyl (C=O) groups excluding carboxylic acids is 3. The van der Waals surface area contributed by atoms with Gasteiger partial charge in [-0.25, -0.2) is 4.79 Å². The summed E-state index contributed by atoms with van der Waals surface area (Å²) >= 11 is 0. The highest BCUT2D eigenvalue weighted by molar-refractivity contribution is 5.99. The highest BCUT2D eigenvalue weighted by atomic mass is 16.5. The third-order valence-electron chi connectivity index (χ3n) is 4.26. The first-order valence-electron chi connectivity index (χ1n) is 8.61. The minimum absolute atomic E-state index is 0.155. The maximum Gasteiger partial charge on any atom is 0.337 e. The molecule has 0 saturated carbocycles. The molecule has 0 fully saturated rings. The number of hydrogen-bond acceptors (Lipinski definition) is 5. The molecule has 0 aliphatic heterocycles. The molecule has 0 radical (unpaired) electrons. The summed E-state index contributed by atoms with van der Waals surface area (Å²) in [6.07, 6.45) is 0.155. The number of nitrogens with one attached hydrogen (secondary N) is 1. The molecular formula is C21H19N3O4. The SMILES string of the molecule is COC(=O)c1cccc(C(=O)N[C@@H](Cc2ccc3ccccc3n2)C(N)=O)c1. The first-order valence-corrected chi connectivity index (χ1v) is 8.61. The van der Waals surface area contributed by atoms with Gasteiger partial charge in [0.05, 0.1) is 18.2 Å². The highest BCUT2D eigenvalue weighted by Gasteiger charge is 2.21. The molecule has 1 aromatic heterocycles. The van der Waals surface area contributed by atoms with Crippen LogP contribution < -0.4 is 11.1 Å². The van der Waals surface area contributed by atoms with Crippen LogP contribution in [0.4, 0.5) is 0 Å². The monoisotopic (exact) mass is 377 g/mol. The number of esters is 1. The lowest BCUT2D eigenvalue weighted by atomic mass is 10.1. The van der Waals surface area contributed by atoms with E-state index in [4.69, 9.17) is 5.73 Å². The molecule has 2 aromatic carbocycles. The molecule has 0 aliphatic rings. The fourth-order valence-corrected chi connectivity index (χ4v) is 2.80. The van der Waals surface area contributed by atoms with E-state index in [2.05, 4.69) is 15.0 Å². The van der Waals surface area contributed by atoms with Crippen LogP contribution in [0.2, 0.25) is 0 Å². The molecule has 0 saturated heterocycles. The van der Waals surface area contributed by atoms with E-state index in [1.54, 1.807) is 12.1 Å². The minimum Gasteiger partial charge on any atom is -0.465 e. The van der Waals surface area contributed by atoms with Gasteiger partial charge < -0.3 is 15.8 Å². The Morgan fingerprint density at radius 3 is 2.54 bits per heavy atom. The van der Waals surface area contributed by atoms with Gasteiger partial charge in [0.25, 0.3) is 5.91 Å². The topological polar surface area (TPSA) is 111 Å². The lowest BCUT2D eigenvalue weighted by Gasteiger charge is -2.16. The molecule has 7 heteroatoms. The summed E-state index contributed by atoms with van der Waals surface area (Å²) in [5.74, 6) is -1.75. The van der Waals surface area contributed by atoms with Crippen molar-refractivity contribution in [2.45, 2.75) is 12.5 Å². The number of amides is 2. The number of nitrogens with zero attached hydrogens (tertiary/aromatic N) is 1. The molecule has 0 bridgehead atoms. The molecule has 28 heavy (non-hydrogen) atoms. The molecule has 1 heterocycles. The Balaban J connectivity index is 1.78. The van der Waals surface area contributed by atoms with Gasteiger partial charge in [-0.1, -0.05) is 30.3 Å². The van der Waals surface area contributed by atoms with Crippen LogP contribution in [-0.2, 0) is 16.0 Å². The van der Waals surface area contributed by atoms with Crippen LogP contribution in [0.3, 0.4) is 0 Å². The Labute approximate surface area is 161 Å². The van der Waals surface area contributed by atoms with Gasteiger partial charge in [0.15, 0.2) is 0 Å². The van der Waals surface area contributed by atoms with Crippen LogP contribution in [0.15, 0.2) is 60.7 Å². The van der Waals surface area contributed by atoms with Crippen LogP contribution in [0.25, 0.3) is 10.9 Å². The second-order valence-corrected chi connectivity index (χ2v) is 6.20. The third-order valence-corrected chi connectivity index (χ3v) is 4.26. The Bertz CT molecular complexity index is 1050. The molecule has 7 nitrogen and oxygen atoms in total. The molecule has 2 amide bonds. The van der Waals surface area contributed by atoms with E-state index in [-0.39, 0.29) is 17.5 Å². The number of benzene rings is 2. The van der Waals surface area contributed by atoms with E-state index < -0.39 is 23.8 Å². The van der Waals surface area contributed by atoms with Crippen molar-refractivity contribution >= 4 is 28.7 Å². The fraction of sp³-hybridized carbons (Fsp3) is 0.143. The molecule has 1 atom stereocenters. The Kier molecular flexibility index (Phi) is 5.64. The zero-order valence-electron chi connectivity index (χ0n) is 15.2. The van der Waals surface area contributed by atoms with Crippen LogP contribution in [0.5, 0.6) is 0 Å². The van der Waals surface area contributed by atoms with Gasteiger partial charge in [-0.15, -0.1) is 0 Å². The van der Waals surface area contributed by atoms with Gasteiger partial charge in [0, 0.05) is 23.1 Å². The maximum atomic E-state index is 12.5. The third kappa shape index (κ3) is 4.32. The number of fused-ring (bicyclic) bond motifs is 1. The molecule has 3 N–H and O–H groups in total. The predicted molar refractivity (Wildman–Crippen MR) is 104 cm³/mol. The van der Waals surface area contributed by atoms with Crippen molar-refractivity contribution in [2.24, 2.45) is 5.73 Å². The summed E-state index contributed by atoms with van der Waals surface area (Å²) in [6, 6.07) is 16.4. The number of nitrogens with two attached hydrogens (primary N) is 1. The van der Waals surface area contributed by atoms with Gasteiger partial charge in [-0.3, -0.25) is 14.6 Å². The summed E-state index contributed by atoms with van der Waals surface area (Å²) in [6.45, 7) is 0. The van der Waals surface area contributed by atoms with Crippen molar-refractivity contribution in [1.29, 1.82) is 0 Å². The molecule has 0 aliphatic carbocycles. The zero-order valence-corrected chi connectivity index (χ0v) is 15.2. The standard InChI is InChI=1S/C21H19N3O4/c1-28-21(27)15-7-4-6-14(11-15)20(26)24-18(19(22)25)12-16-10-9-13-5-2-3-8-17(13)23-16/h2-11,18H,12H2,1H3,(H2,22,25)(H,24,26)/t18-/m0/s1. The van der Waals surface area contributed by atoms with Gasteiger partial charge >= 0.3 is 5.97 Å². The summed E-state index contributed by atoms with van der Waals surface area (Å²) in [4.78, 5) is 40.5. The predicted octanol–water partition coefficient (Wildman–Crippen LogP) is 1.85. The molecular weight excluding hydrogens is 358 g/mol. The second kappa shape index (κ2) is 8.30. The van der Waals surface area contributed by atoms with Crippen molar-refractivity contribution in [1.82, 2.24) is 10.3 Å². The summed E-state index contributed by atoms with van der Waals surface area (Å²) in [5.41, 5.74) is 7.35. The number of para-hydroxylation sites is 1. The van der Waals surface area contributed by atoms with E-state index in [1.807, 2.05) is 30.3 Å². The van der Waals surface area contributed by atoms with Gasteiger partial charge in [-0.05, 0) is 30.3 Å². The number of ether oxygens (including phenoxy) is 1. The number of carbonyl (C=O) groups is 3. The van der Waals surface area contributed by atoms with E-state index in [0.717, 1.165) is 10.9 Å². The van der Waals surface area contributed by atoms with E-state index in [9.17, 15) is 14.4 Å². The van der Waals surface area contributed by atoms with Gasteiger partial charge in [0.1, 0.15) is 6.04 Å². The van der Waals surface area contributed by atoms with E-state index in [1.165, 1.54) is 25.3 Å². The summed E-state index contributed by atoms with van der Waals surface area (Å²) in [7, 11) is 1.26. The average molecular weight is 377 g/mol. The minimum atomic E-state index is -0.942. The highest BCUT2D eigenvalue weighted by Crippen LogP contribution is 2.13. The summed E-state index contributed by atoms with van der Waals surface area (Å²) < 4.78 is 4.65. The Morgan fingerprint density at radius 2 is 1.79 bits per heavy atom. The zero-order chi connectivity index (χ0) is 20.1. The lowest BCUT2D eigenvalue weighted by molar-refractivity contribution is -0.119. The van der Waals surface area contributed by atoms with Crippen molar-refractivity contribution in [2.75, 3.05) is 7.11 Å². The van der Waals surface area contributed by atoms with Crippen LogP contribution >= 0.6 is 0 Å². The van der Waals surface area contributed by atoms with Crippen LogP contribution in [0.1, 0.15) is 26.4 Å². The van der Waals surface area contributed by atoms with Gasteiger partial charge in [-0.2, -0.15) is 0 Å². The summed E-state index contributed by atoms with van der Waals surface area (Å²) in [5, 5.41) is 3.59. The molecule has 0 unspecified atom stereocenters. The number of pyridine rings is 1. The molecule has 0 spiro atoms.